The van der Waals surface area contributed by atoms with Crippen LogP contribution in [-0.2, 0) is 0 Å². The molecule has 0 aliphatic heterocycles. The van der Waals surface area contributed by atoms with Gasteiger partial charge in [-0.3, -0.25) is 0 Å². The topological polar surface area (TPSA) is 285 Å². The second-order valence-electron chi connectivity index (χ2n) is 29.4. The molecule has 9 N–H and O–H groups in total. The Morgan fingerprint density at radius 1 is 0.265 bits per heavy atom. The smallest absolute Gasteiger partial charge is 0.496 e. The van der Waals surface area contributed by atoms with Gasteiger partial charge in [0.25, 0.3) is 0 Å². The fourth-order valence-corrected chi connectivity index (χ4v) is 15.9. The van der Waals surface area contributed by atoms with Crippen LogP contribution in [0.1, 0.15) is 0 Å². The number of hydrogen-bond acceptors (Lipinski definition) is 18. The minimum Gasteiger partial charge on any atom is -0.507 e. The zero-order chi connectivity index (χ0) is 96.5. The summed E-state index contributed by atoms with van der Waals surface area (Å²) < 4.78 is 117. The molecule has 22 aromatic rings. The third-order valence-corrected chi connectivity index (χ3v) is 23.0. The molecule has 0 spiro atoms. The van der Waals surface area contributed by atoms with E-state index in [0.29, 0.717) is 86.4 Å². The predicted octanol–water partition coefficient (Wildman–Crippen LogP) is 27.8. The van der Waals surface area contributed by atoms with E-state index >= 15 is 0 Å². The molecule has 5 heterocycles. The van der Waals surface area contributed by atoms with E-state index in [1.807, 2.05) is 140 Å². The first kappa shape index (κ1) is 97.4. The molecular formula is C106H76B2Br2Cl3F5O18. The molecule has 0 radical (unpaired) electrons. The second kappa shape index (κ2) is 44.5. The van der Waals surface area contributed by atoms with Crippen molar-refractivity contribution >= 4 is 202 Å². The minimum absolute atomic E-state index is 0.00340. The molecule has 0 atom stereocenters. The van der Waals surface area contributed by atoms with Gasteiger partial charge in [0.1, 0.15) is 137 Å². The number of furan rings is 5. The maximum Gasteiger partial charge on any atom is 0.496 e. The van der Waals surface area contributed by atoms with Gasteiger partial charge in [-0.2, -0.15) is 0 Å². The Hall–Kier alpha value is -14.6. The lowest BCUT2D eigenvalue weighted by molar-refractivity contribution is 0.385. The van der Waals surface area contributed by atoms with Gasteiger partial charge in [0.2, 0.25) is 0 Å². The average molecular weight is 2020 g/mol. The van der Waals surface area contributed by atoms with Crippen molar-refractivity contribution < 1.29 is 109 Å². The molecule has 0 fully saturated rings. The van der Waals surface area contributed by atoms with Crippen molar-refractivity contribution in [3.8, 4) is 85.1 Å². The summed E-state index contributed by atoms with van der Waals surface area (Å²) in [4.78, 5) is 0. The summed E-state index contributed by atoms with van der Waals surface area (Å²) in [7, 11) is 2.65. The Labute approximate surface area is 804 Å². The monoisotopic (exact) mass is 2020 g/mol. The van der Waals surface area contributed by atoms with Gasteiger partial charge in [0.15, 0.2) is 0 Å². The van der Waals surface area contributed by atoms with Gasteiger partial charge in [-0.15, -0.1) is 0 Å². The number of hydrogen-bond donors (Lipinski definition) is 9. The maximum absolute atomic E-state index is 14.1. The van der Waals surface area contributed by atoms with Crippen LogP contribution >= 0.6 is 66.7 Å². The first-order valence-corrected chi connectivity index (χ1v) is 43.8. The average Bonchev–Trinajstić information content (AvgIpc) is 1.57. The molecule has 5 aromatic heterocycles. The van der Waals surface area contributed by atoms with Crippen LogP contribution in [-0.4, -0.2) is 88.3 Å². The van der Waals surface area contributed by atoms with Crippen molar-refractivity contribution in [1.29, 1.82) is 0 Å². The van der Waals surface area contributed by atoms with Crippen molar-refractivity contribution in [2.75, 3.05) is 28.4 Å². The maximum atomic E-state index is 14.1. The Morgan fingerprint density at radius 3 is 1.14 bits per heavy atom. The predicted molar refractivity (Wildman–Crippen MR) is 535 cm³/mol. The first-order chi connectivity index (χ1) is 65.7. The Bertz CT molecular complexity index is 7950. The molecule has 17 aromatic carbocycles. The third kappa shape index (κ3) is 21.9. The number of methoxy groups -OCH3 is 4. The van der Waals surface area contributed by atoms with Crippen LogP contribution in [0, 0.1) is 29.1 Å². The highest BCUT2D eigenvalue weighted by Gasteiger charge is 2.25. The molecule has 30 heteroatoms. The van der Waals surface area contributed by atoms with Gasteiger partial charge in [-0.05, 0) is 208 Å². The highest BCUT2D eigenvalue weighted by Crippen LogP contribution is 2.46. The number of halogens is 10. The number of benzene rings is 17. The number of rotatable bonds is 9. The third-order valence-electron chi connectivity index (χ3n) is 21.1. The fraction of sp³-hybridized carbons (Fsp3) is 0.0377. The van der Waals surface area contributed by atoms with Gasteiger partial charge in [0, 0.05) is 81.2 Å². The zero-order valence-electron chi connectivity index (χ0n) is 71.9. The van der Waals surface area contributed by atoms with Gasteiger partial charge in [-0.25, -0.2) is 22.0 Å². The lowest BCUT2D eigenvalue weighted by atomic mass is 9.78. The van der Waals surface area contributed by atoms with E-state index < -0.39 is 31.7 Å². The van der Waals surface area contributed by atoms with E-state index in [1.165, 1.54) is 74.9 Å². The number of para-hydroxylation sites is 4. The van der Waals surface area contributed by atoms with Gasteiger partial charge in [0.05, 0.1) is 75.5 Å². The summed E-state index contributed by atoms with van der Waals surface area (Å²) >= 11 is 23.6. The second-order valence-corrected chi connectivity index (χ2v) is 32.4. The fourth-order valence-electron chi connectivity index (χ4n) is 14.8. The number of aromatic hydroxyl groups is 5. The molecule has 0 saturated carbocycles. The van der Waals surface area contributed by atoms with E-state index in [-0.39, 0.29) is 67.5 Å². The first-order valence-electron chi connectivity index (χ1n) is 41.1. The largest absolute Gasteiger partial charge is 0.507 e. The van der Waals surface area contributed by atoms with Crippen molar-refractivity contribution in [3.63, 3.8) is 0 Å². The zero-order valence-corrected chi connectivity index (χ0v) is 77.3. The lowest BCUT2D eigenvalue weighted by Gasteiger charge is -2.13. The number of phenolic OH excluding ortho intramolecular Hbond substituents is 5. The molecule has 684 valence electrons. The molecule has 0 amide bonds. The van der Waals surface area contributed by atoms with Crippen LogP contribution in [0.5, 0.6) is 51.7 Å². The Balaban J connectivity index is 0.000000124. The van der Waals surface area contributed by atoms with Crippen LogP contribution in [0.15, 0.2) is 365 Å². The standard InChI is InChI=1S/C18H10ClFO2.C18H9ClO2.C14H13FO2.C12H7BrO2.C12H9FO2.C12H8O2.C8H11BO4.C6H5BClFO2.C6H4BrF/c19-10-5-6-11(14(20)9-10)12-7-8-16-17(18(12)21)13-3-1-2-4-15(13)22-16;19-10-5-6-11-12-7-8-15-17(18(12)21-16(11)9-10)13-3-1-2-4-14(13)20-15;1-16-12-8-5-9-13(17-2)14(12)10-6-3-4-7-11(10)15;13-8-5-6-10-11(12(8)14)7-3-1-2-4-9(7)15-10;13-9-5-2-1-4-8(9)12-10(14)6-3-7-11(12)15;13-9-5-3-7-11-12(9)8-4-1-2-6-10(8)14-11;1-12-6-4-3-5-7(13-2)8(6)9(10)11;8-4-1-2-5(7(10)11)6(9)3-4;7-5-3-1-2-4-6(5)8/h1-9,21H;1-9H;3-9H,1-2H3;1-6,14H;1-7,14-15H;1-7,13H;3-5,10-11H,1-2H3;1-3,10-11H;1-4H. The summed E-state index contributed by atoms with van der Waals surface area (Å²) in [6, 6.07) is 94.6. The molecule has 22 rings (SSSR count). The summed E-state index contributed by atoms with van der Waals surface area (Å²) in [5.41, 5.74) is 9.86. The van der Waals surface area contributed by atoms with E-state index in [9.17, 15) is 47.5 Å². The van der Waals surface area contributed by atoms with Gasteiger partial charge >= 0.3 is 14.2 Å². The molecule has 0 aliphatic carbocycles. The molecule has 0 bridgehead atoms. The highest BCUT2D eigenvalue weighted by atomic mass is 79.9. The van der Waals surface area contributed by atoms with E-state index in [1.54, 1.807) is 136 Å². The molecule has 0 aliphatic rings. The molecule has 0 saturated heterocycles. The normalized spacial score (nSPS) is 10.7. The van der Waals surface area contributed by atoms with Crippen LogP contribution in [0.25, 0.3) is 143 Å². The van der Waals surface area contributed by atoms with Crippen LogP contribution in [0.3, 0.4) is 0 Å². The molecule has 0 unspecified atom stereocenters. The Kier molecular flexibility index (Phi) is 31.9. The van der Waals surface area contributed by atoms with Crippen molar-refractivity contribution in [2.45, 2.75) is 0 Å². The number of phenols is 5. The summed E-state index contributed by atoms with van der Waals surface area (Å²) in [6.45, 7) is 0. The van der Waals surface area contributed by atoms with Crippen LogP contribution < -0.4 is 29.9 Å². The van der Waals surface area contributed by atoms with Gasteiger partial charge in [-0.1, -0.05) is 186 Å². The summed E-state index contributed by atoms with van der Waals surface area (Å²) in [5.74, 6) is 0.0286. The Morgan fingerprint density at radius 2 is 0.647 bits per heavy atom. The van der Waals surface area contributed by atoms with Gasteiger partial charge < -0.3 is 86.7 Å². The van der Waals surface area contributed by atoms with Crippen LogP contribution in [0.2, 0.25) is 15.1 Å². The van der Waals surface area contributed by atoms with E-state index in [4.69, 9.17) is 95.9 Å². The van der Waals surface area contributed by atoms with Crippen LogP contribution in [0.4, 0.5) is 22.0 Å². The molecule has 18 nitrogen and oxygen atoms in total. The van der Waals surface area contributed by atoms with Crippen molar-refractivity contribution in [2.24, 2.45) is 0 Å². The van der Waals surface area contributed by atoms with E-state index in [0.717, 1.165) is 93.6 Å². The van der Waals surface area contributed by atoms with Crippen molar-refractivity contribution in [1.82, 2.24) is 0 Å². The highest BCUT2D eigenvalue weighted by molar-refractivity contribution is 9.10. The number of ether oxygens (including phenoxy) is 4. The quantitative estimate of drug-likeness (QED) is 0.0479. The summed E-state index contributed by atoms with van der Waals surface area (Å²) in [6.07, 6.45) is 0. The number of fused-ring (bicyclic) bond motifs is 16. The minimum atomic E-state index is -1.78. The van der Waals surface area contributed by atoms with E-state index in [2.05, 4.69) is 37.9 Å². The summed E-state index contributed by atoms with van der Waals surface area (Å²) in [5, 5.41) is 94.9. The van der Waals surface area contributed by atoms with Crippen molar-refractivity contribution in [3.05, 3.63) is 387 Å². The molecule has 136 heavy (non-hydrogen) atoms. The SMILES string of the molecule is COc1cccc(OC)c1-c1ccccc1F.COc1cccc(OC)c1B(O)O.Clc1ccc2c(c1)oc1c2ccc2oc3ccccc3c21.Fc1ccccc1Br.OB(O)c1ccc(Cl)cc1F.Oc1c(-c2ccc(Cl)cc2F)ccc2oc3ccccc3c12.Oc1c(Br)ccc2oc3ccccc3c12.Oc1cccc(O)c1-c1ccccc1F.Oc1cccc2oc3ccccc3c12. The molecular weight excluding hydrogens is 1940 g/mol. The lowest BCUT2D eigenvalue weighted by Crippen LogP contribution is -2.32.